The van der Waals surface area contributed by atoms with Gasteiger partial charge in [0.05, 0.1) is 12.1 Å². The molecule has 3 aromatic rings. The van der Waals surface area contributed by atoms with Gasteiger partial charge in [-0.2, -0.15) is 0 Å². The van der Waals surface area contributed by atoms with Crippen molar-refractivity contribution in [3.8, 4) is 0 Å². The van der Waals surface area contributed by atoms with Crippen LogP contribution in [-0.4, -0.2) is 70.3 Å². The number of hydrogen-bond donors (Lipinski definition) is 4. The van der Waals surface area contributed by atoms with E-state index in [1.165, 1.54) is 0 Å². The van der Waals surface area contributed by atoms with Gasteiger partial charge in [0.15, 0.2) is 69.8 Å². The predicted octanol–water partition coefficient (Wildman–Crippen LogP) is 6.43. The highest BCUT2D eigenvalue weighted by Crippen LogP contribution is 2.48. The molecular weight excluding hydrogens is 877 g/mol. The Morgan fingerprint density at radius 3 is 0.823 bits per heavy atom. The van der Waals surface area contributed by atoms with Crippen LogP contribution in [-0.2, 0) is 0 Å². The summed E-state index contributed by atoms with van der Waals surface area (Å²) in [5.74, 6) is -43.6. The summed E-state index contributed by atoms with van der Waals surface area (Å²) in [6.45, 7) is 0. The second-order valence-electron chi connectivity index (χ2n) is 16.2. The highest BCUT2D eigenvalue weighted by Gasteiger charge is 2.59. The van der Waals surface area contributed by atoms with E-state index in [9.17, 15) is 59.7 Å². The average molecular weight is 907 g/mol. The van der Waals surface area contributed by atoms with E-state index in [1.807, 2.05) is 0 Å². The molecule has 5 heterocycles. The molecule has 5 aliphatic heterocycles. The Morgan fingerprint density at radius 1 is 0.339 bits per heavy atom. The van der Waals surface area contributed by atoms with Gasteiger partial charge in [-0.15, -0.1) is 0 Å². The first-order chi connectivity index (χ1) is 29.2. The summed E-state index contributed by atoms with van der Waals surface area (Å²) in [6.07, 6.45) is -3.33. The number of nitro groups is 2. The van der Waals surface area contributed by atoms with Gasteiger partial charge in [-0.25, -0.2) is 65.9 Å². The maximum Gasteiger partial charge on any atom is 0.230 e. The molecule has 0 saturated carbocycles. The van der Waals surface area contributed by atoms with Crippen LogP contribution in [0.3, 0.4) is 0 Å². The van der Waals surface area contributed by atoms with Gasteiger partial charge in [-0.05, 0) is 25.7 Å². The summed E-state index contributed by atoms with van der Waals surface area (Å²) in [4.78, 5) is 23.4. The molecule has 5 fully saturated rings. The fraction of sp³-hybridized carbons (Fsp3) is 0.514. The second kappa shape index (κ2) is 15.8. The molecule has 0 aliphatic carbocycles. The third kappa shape index (κ3) is 6.58. The lowest BCUT2D eigenvalue weighted by Gasteiger charge is -2.36. The lowest BCUT2D eigenvalue weighted by molar-refractivity contribution is -0.525. The third-order valence-corrected chi connectivity index (χ3v) is 13.3. The molecule has 12 atom stereocenters. The third-order valence-electron chi connectivity index (χ3n) is 13.3. The maximum atomic E-state index is 15.9. The number of fused-ring (bicyclic) bond motifs is 9. The minimum Gasteiger partial charge on any atom is -0.310 e. The van der Waals surface area contributed by atoms with Crippen LogP contribution in [0.4, 0.5) is 65.9 Å². The Hall–Kier alpha value is -4.75. The minimum atomic E-state index is -2.61. The van der Waals surface area contributed by atoms with Crippen molar-refractivity contribution in [1.82, 2.24) is 21.3 Å². The van der Waals surface area contributed by atoms with Crippen molar-refractivity contribution in [2.75, 3.05) is 0 Å². The van der Waals surface area contributed by atoms with Crippen LogP contribution in [0.15, 0.2) is 0 Å². The normalized spacial score (nSPS) is 33.2. The molecule has 5 saturated heterocycles. The van der Waals surface area contributed by atoms with Crippen LogP contribution < -0.4 is 21.3 Å². The molecule has 0 radical (unpaired) electrons. The number of hydrogen-bond acceptors (Lipinski definition) is 8. The van der Waals surface area contributed by atoms with Crippen LogP contribution in [0, 0.1) is 107 Å². The van der Waals surface area contributed by atoms with E-state index in [-0.39, 0.29) is 0 Å². The van der Waals surface area contributed by atoms with E-state index in [1.54, 1.807) is 0 Å². The van der Waals surface area contributed by atoms with Crippen LogP contribution in [0.25, 0.3) is 0 Å². The fourth-order valence-corrected chi connectivity index (χ4v) is 10.8. The van der Waals surface area contributed by atoms with Gasteiger partial charge in [0.25, 0.3) is 0 Å². The second-order valence-corrected chi connectivity index (χ2v) is 16.2. The van der Waals surface area contributed by atoms with Gasteiger partial charge in [0.1, 0.15) is 0 Å². The molecule has 8 rings (SSSR count). The molecule has 0 amide bonds. The molecule has 10 nitrogen and oxygen atoms in total. The van der Waals surface area contributed by atoms with Gasteiger partial charge in [0.2, 0.25) is 29.5 Å². The van der Waals surface area contributed by atoms with Crippen molar-refractivity contribution in [3.05, 3.63) is 124 Å². The van der Waals surface area contributed by atoms with E-state index in [0.717, 1.165) is 0 Å². The lowest BCUT2D eigenvalue weighted by Crippen LogP contribution is -2.52. The van der Waals surface area contributed by atoms with Crippen LogP contribution in [0.5, 0.6) is 0 Å². The summed E-state index contributed by atoms with van der Waals surface area (Å²) in [5, 5.41) is 36.2. The molecule has 5 aliphatic rings. The van der Waals surface area contributed by atoms with Gasteiger partial charge in [-0.3, -0.25) is 20.2 Å². The van der Waals surface area contributed by atoms with Gasteiger partial charge in [-0.1, -0.05) is 0 Å². The van der Waals surface area contributed by atoms with E-state index in [2.05, 4.69) is 21.3 Å². The van der Waals surface area contributed by atoms with Crippen LogP contribution in [0.2, 0.25) is 0 Å². The smallest absolute Gasteiger partial charge is 0.230 e. The zero-order valence-corrected chi connectivity index (χ0v) is 30.9. The van der Waals surface area contributed by atoms with Gasteiger partial charge in [0, 0.05) is 93.4 Å². The summed E-state index contributed by atoms with van der Waals surface area (Å²) >= 11 is 0. The number of rotatable bonds is 5. The first-order valence-electron chi connectivity index (χ1n) is 19.0. The maximum absolute atomic E-state index is 15.9. The molecule has 25 heteroatoms. The van der Waals surface area contributed by atoms with Gasteiger partial charge < -0.3 is 21.3 Å². The largest absolute Gasteiger partial charge is 0.310 e. The first kappa shape index (κ1) is 43.9. The highest BCUT2D eigenvalue weighted by molar-refractivity contribution is 5.37. The fourth-order valence-electron chi connectivity index (χ4n) is 10.8. The Kier molecular flexibility index (Phi) is 11.2. The van der Waals surface area contributed by atoms with E-state index in [4.69, 9.17) is 0 Å². The molecule has 0 aromatic heterocycles. The lowest BCUT2D eigenvalue weighted by atomic mass is 9.81. The van der Waals surface area contributed by atoms with E-state index in [0.29, 0.717) is 0 Å². The summed E-state index contributed by atoms with van der Waals surface area (Å²) in [7, 11) is 0. The summed E-state index contributed by atoms with van der Waals surface area (Å²) in [5.41, 5.74) is -4.72. The SMILES string of the molecule is O=[N+]([O-])C1CC2NC1C(c1c(F)c(F)c(F)c(F)c1F)C1CCC(N1)C(c1c(F)c(F)c(F)c(F)c1F)C1CCC(N1)C(c1c(F)c(F)c(F)c(F)c1F)C1NC2CC1[N+](=O)[O-]. The predicted molar refractivity (Wildman–Crippen MR) is 179 cm³/mol. The molecule has 12 unspecified atom stereocenters. The monoisotopic (exact) mass is 906 g/mol. The molecular formula is C37H29F15N6O4. The quantitative estimate of drug-likeness (QED) is 0.0758. The van der Waals surface area contributed by atoms with Crippen molar-refractivity contribution >= 4 is 0 Å². The minimum absolute atomic E-state index is 0.472. The molecule has 62 heavy (non-hydrogen) atoms. The van der Waals surface area contributed by atoms with Crippen LogP contribution in [0.1, 0.15) is 73.0 Å². The Bertz CT molecular complexity index is 2180. The first-order valence-corrected chi connectivity index (χ1v) is 19.0. The molecule has 3 aromatic carbocycles. The Morgan fingerprint density at radius 2 is 0.565 bits per heavy atom. The number of halogens is 15. The van der Waals surface area contributed by atoms with Gasteiger partial charge >= 0.3 is 0 Å². The van der Waals surface area contributed by atoms with E-state index >= 15 is 26.3 Å². The summed E-state index contributed by atoms with van der Waals surface area (Å²) in [6, 6.07) is -17.4. The molecule has 8 bridgehead atoms. The number of nitrogens with one attached hydrogen (secondary N) is 4. The molecule has 0 spiro atoms. The zero-order valence-electron chi connectivity index (χ0n) is 30.9. The van der Waals surface area contributed by atoms with Crippen molar-refractivity contribution in [3.63, 3.8) is 0 Å². The topological polar surface area (TPSA) is 134 Å². The molecule has 336 valence electrons. The average Bonchev–Trinajstić information content (AvgIpc) is 4.08. The standard InChI is InChI=1S/C37H29F15N6O4/c38-21-18(22(39)28(45)33(50)27(21)44)15-7-1-3-9(53-7)16(19-23(40)29(46)34(51)30(47)24(19)41)36-13(57(59)60)5-11(55-36)12-6-14(58(61)62)37(56-12)17(10-4-2-8(15)54-10)20-25(42)31(48)35(52)32(49)26(20)43/h7-17,36-37,53-56H,1-6H2. The van der Waals surface area contributed by atoms with Crippen LogP contribution >= 0.6 is 0 Å². The van der Waals surface area contributed by atoms with Crippen molar-refractivity contribution in [1.29, 1.82) is 0 Å². The summed E-state index contributed by atoms with van der Waals surface area (Å²) < 4.78 is 228. The number of nitrogens with zero attached hydrogens (tertiary/aromatic N) is 2. The molecule has 4 N–H and O–H groups in total. The Labute approximate surface area is 337 Å². The Balaban J connectivity index is 1.38. The van der Waals surface area contributed by atoms with Crippen molar-refractivity contribution < 1.29 is 75.7 Å². The zero-order chi connectivity index (χ0) is 45.1. The van der Waals surface area contributed by atoms with Crippen molar-refractivity contribution in [2.45, 2.75) is 117 Å². The highest BCUT2D eigenvalue weighted by atomic mass is 19.2. The van der Waals surface area contributed by atoms with Crippen molar-refractivity contribution in [2.24, 2.45) is 0 Å². The van der Waals surface area contributed by atoms with E-state index < -0.39 is 230 Å². The number of benzene rings is 3.